The number of hydrogen-bond acceptors (Lipinski definition) is 7. The van der Waals surface area contributed by atoms with E-state index in [1.54, 1.807) is 30.4 Å². The van der Waals surface area contributed by atoms with Gasteiger partial charge in [-0.25, -0.2) is 9.37 Å². The van der Waals surface area contributed by atoms with Crippen molar-refractivity contribution in [3.05, 3.63) is 57.6 Å². The lowest BCUT2D eigenvalue weighted by molar-refractivity contribution is -0.120. The summed E-state index contributed by atoms with van der Waals surface area (Å²) >= 11 is 2.77. The van der Waals surface area contributed by atoms with E-state index in [2.05, 4.69) is 20.5 Å². The number of rotatable bonds is 7. The molecule has 0 spiro atoms. The highest BCUT2D eigenvalue weighted by atomic mass is 32.2. The molecule has 6 nitrogen and oxygen atoms in total. The Morgan fingerprint density at radius 1 is 1.30 bits per heavy atom. The first kappa shape index (κ1) is 19.5. The average molecular weight is 407 g/mol. The van der Waals surface area contributed by atoms with Gasteiger partial charge in [-0.15, -0.1) is 21.5 Å². The zero-order valence-corrected chi connectivity index (χ0v) is 16.7. The predicted octanol–water partition coefficient (Wildman–Crippen LogP) is 3.92. The van der Waals surface area contributed by atoms with Gasteiger partial charge in [0, 0.05) is 5.38 Å². The Bertz CT molecular complexity index is 910. The van der Waals surface area contributed by atoms with Crippen molar-refractivity contribution in [2.45, 2.75) is 43.7 Å². The molecule has 0 saturated heterocycles. The summed E-state index contributed by atoms with van der Waals surface area (Å²) in [4.78, 5) is 16.8. The molecule has 0 aliphatic rings. The van der Waals surface area contributed by atoms with Crippen LogP contribution in [0.4, 0.5) is 4.39 Å². The minimum absolute atomic E-state index is 0.160. The first-order valence-corrected chi connectivity index (χ1v) is 10.1. The molecule has 0 aliphatic carbocycles. The highest BCUT2D eigenvalue weighted by molar-refractivity contribution is 8.00. The van der Waals surface area contributed by atoms with E-state index in [4.69, 9.17) is 4.42 Å². The SMILES string of the molecule is Cc1nc(Cc2nnc(S[C@@H](C)C(=O)N[C@H](C)c3ccc(F)cc3)o2)cs1. The summed E-state index contributed by atoms with van der Waals surface area (Å²) in [6.45, 7) is 5.56. The van der Waals surface area contributed by atoms with Crippen molar-refractivity contribution in [3.63, 3.8) is 0 Å². The largest absolute Gasteiger partial charge is 0.416 e. The van der Waals surface area contributed by atoms with Gasteiger partial charge in [0.2, 0.25) is 11.8 Å². The standard InChI is InChI=1S/C18H19FN4O2S2/c1-10(13-4-6-14(19)7-5-13)20-17(24)11(2)27-18-23-22-16(25-18)8-15-9-26-12(3)21-15/h4-7,9-11H,8H2,1-3H3,(H,20,24)/t10-,11+/m1/s1. The second-order valence-electron chi connectivity index (χ2n) is 6.04. The molecule has 1 N–H and O–H groups in total. The number of thioether (sulfide) groups is 1. The van der Waals surface area contributed by atoms with Crippen LogP contribution in [0.1, 0.15) is 42.0 Å². The van der Waals surface area contributed by atoms with Gasteiger partial charge < -0.3 is 9.73 Å². The molecule has 9 heteroatoms. The number of nitrogens with one attached hydrogen (secondary N) is 1. The molecular formula is C18H19FN4O2S2. The molecule has 1 aromatic carbocycles. The third kappa shape index (κ3) is 5.36. The van der Waals surface area contributed by atoms with Gasteiger partial charge in [0.25, 0.3) is 5.22 Å². The van der Waals surface area contributed by atoms with Crippen molar-refractivity contribution < 1.29 is 13.6 Å². The molecule has 3 aromatic rings. The van der Waals surface area contributed by atoms with E-state index >= 15 is 0 Å². The van der Waals surface area contributed by atoms with E-state index in [9.17, 15) is 9.18 Å². The van der Waals surface area contributed by atoms with Gasteiger partial charge >= 0.3 is 0 Å². The highest BCUT2D eigenvalue weighted by Gasteiger charge is 2.20. The predicted molar refractivity (Wildman–Crippen MR) is 102 cm³/mol. The number of amides is 1. The normalized spacial score (nSPS) is 13.3. The fourth-order valence-electron chi connectivity index (χ4n) is 2.37. The van der Waals surface area contributed by atoms with Gasteiger partial charge in [0.15, 0.2) is 0 Å². The van der Waals surface area contributed by atoms with Crippen molar-refractivity contribution in [2.24, 2.45) is 0 Å². The van der Waals surface area contributed by atoms with Crippen LogP contribution in [0.5, 0.6) is 0 Å². The van der Waals surface area contributed by atoms with Crippen LogP contribution in [0.15, 0.2) is 39.3 Å². The summed E-state index contributed by atoms with van der Waals surface area (Å²) in [5.74, 6) is 0.00278. The van der Waals surface area contributed by atoms with Crippen LogP contribution in [0.25, 0.3) is 0 Å². The Balaban J connectivity index is 1.54. The lowest BCUT2D eigenvalue weighted by Gasteiger charge is -2.16. The number of aryl methyl sites for hydroxylation is 1. The second-order valence-corrected chi connectivity index (χ2v) is 8.39. The lowest BCUT2D eigenvalue weighted by Crippen LogP contribution is -2.33. The monoisotopic (exact) mass is 406 g/mol. The molecule has 1 amide bonds. The molecule has 0 aliphatic heterocycles. The maximum Gasteiger partial charge on any atom is 0.277 e. The maximum absolute atomic E-state index is 13.0. The smallest absolute Gasteiger partial charge is 0.277 e. The van der Waals surface area contributed by atoms with E-state index < -0.39 is 5.25 Å². The molecule has 27 heavy (non-hydrogen) atoms. The molecule has 142 valence electrons. The Morgan fingerprint density at radius 2 is 2.04 bits per heavy atom. The molecule has 0 radical (unpaired) electrons. The number of thiazole rings is 1. The molecule has 0 fully saturated rings. The summed E-state index contributed by atoms with van der Waals surface area (Å²) in [7, 11) is 0. The molecule has 0 saturated carbocycles. The molecular weight excluding hydrogens is 387 g/mol. The zero-order chi connectivity index (χ0) is 19.4. The van der Waals surface area contributed by atoms with Crippen molar-refractivity contribution in [1.82, 2.24) is 20.5 Å². The summed E-state index contributed by atoms with van der Waals surface area (Å²) in [6.07, 6.45) is 0.472. The van der Waals surface area contributed by atoms with Crippen LogP contribution in [-0.2, 0) is 11.2 Å². The third-order valence-corrected chi connectivity index (χ3v) is 5.58. The van der Waals surface area contributed by atoms with Crippen molar-refractivity contribution >= 4 is 29.0 Å². The molecule has 2 atom stereocenters. The van der Waals surface area contributed by atoms with E-state index in [-0.39, 0.29) is 17.8 Å². The quantitative estimate of drug-likeness (QED) is 0.599. The Morgan fingerprint density at radius 3 is 2.70 bits per heavy atom. The first-order chi connectivity index (χ1) is 12.9. The van der Waals surface area contributed by atoms with E-state index in [1.165, 1.54) is 23.9 Å². The Labute approximate surface area is 164 Å². The highest BCUT2D eigenvalue weighted by Crippen LogP contribution is 2.24. The fraction of sp³-hybridized carbons (Fsp3) is 0.333. The minimum Gasteiger partial charge on any atom is -0.416 e. The number of carbonyl (C=O) groups excluding carboxylic acids is 1. The lowest BCUT2D eigenvalue weighted by atomic mass is 10.1. The van der Waals surface area contributed by atoms with Crippen LogP contribution in [0.2, 0.25) is 0 Å². The number of halogens is 1. The van der Waals surface area contributed by atoms with Crippen LogP contribution < -0.4 is 5.32 Å². The van der Waals surface area contributed by atoms with Gasteiger partial charge in [-0.05, 0) is 38.5 Å². The average Bonchev–Trinajstić information content (AvgIpc) is 3.24. The van der Waals surface area contributed by atoms with E-state index in [0.717, 1.165) is 16.3 Å². The van der Waals surface area contributed by atoms with E-state index in [1.807, 2.05) is 19.2 Å². The molecule has 2 aromatic heterocycles. The van der Waals surface area contributed by atoms with Crippen molar-refractivity contribution in [2.75, 3.05) is 0 Å². The van der Waals surface area contributed by atoms with Crippen molar-refractivity contribution in [3.8, 4) is 0 Å². The number of nitrogens with zero attached hydrogens (tertiary/aromatic N) is 3. The number of aromatic nitrogens is 3. The zero-order valence-electron chi connectivity index (χ0n) is 15.1. The van der Waals surface area contributed by atoms with Gasteiger partial charge in [0.05, 0.1) is 28.4 Å². The van der Waals surface area contributed by atoms with Gasteiger partial charge in [-0.3, -0.25) is 4.79 Å². The second kappa shape index (κ2) is 8.62. The molecule has 3 rings (SSSR count). The third-order valence-electron chi connectivity index (χ3n) is 3.82. The van der Waals surface area contributed by atoms with Gasteiger partial charge in [-0.1, -0.05) is 23.9 Å². The number of hydrogen-bond donors (Lipinski definition) is 1. The van der Waals surface area contributed by atoms with Gasteiger partial charge in [-0.2, -0.15) is 0 Å². The topological polar surface area (TPSA) is 80.9 Å². The molecule has 0 bridgehead atoms. The van der Waals surface area contributed by atoms with Crippen LogP contribution in [0, 0.1) is 12.7 Å². The number of benzene rings is 1. The first-order valence-electron chi connectivity index (χ1n) is 8.36. The molecule has 0 unspecified atom stereocenters. The van der Waals surface area contributed by atoms with Crippen LogP contribution in [-0.4, -0.2) is 26.3 Å². The number of carbonyl (C=O) groups is 1. The summed E-state index contributed by atoms with van der Waals surface area (Å²) in [5.41, 5.74) is 1.72. The Hall–Kier alpha value is -2.26. The van der Waals surface area contributed by atoms with Crippen molar-refractivity contribution in [1.29, 1.82) is 0 Å². The summed E-state index contributed by atoms with van der Waals surface area (Å²) < 4.78 is 18.6. The van der Waals surface area contributed by atoms with Gasteiger partial charge in [0.1, 0.15) is 5.82 Å². The summed E-state index contributed by atoms with van der Waals surface area (Å²) in [5, 5.41) is 13.8. The maximum atomic E-state index is 13.0. The molecule has 2 heterocycles. The van der Waals surface area contributed by atoms with Crippen LogP contribution in [0.3, 0.4) is 0 Å². The van der Waals surface area contributed by atoms with Crippen LogP contribution >= 0.6 is 23.1 Å². The van der Waals surface area contributed by atoms with E-state index in [0.29, 0.717) is 17.5 Å². The summed E-state index contributed by atoms with van der Waals surface area (Å²) in [6, 6.07) is 5.83. The fourth-order valence-corrected chi connectivity index (χ4v) is 3.69. The minimum atomic E-state index is -0.414. The Kier molecular flexibility index (Phi) is 6.22.